The van der Waals surface area contributed by atoms with Gasteiger partial charge in [0.05, 0.1) is 5.54 Å². The summed E-state index contributed by atoms with van der Waals surface area (Å²) in [5.41, 5.74) is 7.25. The number of nitrogens with zero attached hydrogens (tertiary/aromatic N) is 2. The molecule has 1 heterocycles. The summed E-state index contributed by atoms with van der Waals surface area (Å²) in [7, 11) is 0. The highest BCUT2D eigenvalue weighted by molar-refractivity contribution is 5.43. The molecule has 0 unspecified atom stereocenters. The molecule has 1 aromatic heterocycles. The minimum absolute atomic E-state index is 0.353. The van der Waals surface area contributed by atoms with Gasteiger partial charge in [0.25, 0.3) is 5.89 Å². The second-order valence-corrected chi connectivity index (χ2v) is 4.83. The molecule has 1 fully saturated rings. The van der Waals surface area contributed by atoms with Crippen molar-refractivity contribution in [2.75, 3.05) is 0 Å². The van der Waals surface area contributed by atoms with E-state index in [0.717, 1.165) is 38.5 Å². The third-order valence-electron chi connectivity index (χ3n) is 3.62. The topological polar surface area (TPSA) is 64.9 Å². The molecule has 1 saturated carbocycles. The van der Waals surface area contributed by atoms with Crippen molar-refractivity contribution in [1.82, 2.24) is 10.1 Å². The molecule has 1 aliphatic carbocycles. The molecule has 1 aliphatic rings. The van der Waals surface area contributed by atoms with Gasteiger partial charge in [0.2, 0.25) is 0 Å². The minimum Gasteiger partial charge on any atom is -0.335 e. The molecule has 0 bridgehead atoms. The predicted octanol–water partition coefficient (Wildman–Crippen LogP) is 3.00. The van der Waals surface area contributed by atoms with E-state index < -0.39 is 0 Å². The Morgan fingerprint density at radius 1 is 1.35 bits per heavy atom. The Labute approximate surface area is 102 Å². The van der Waals surface area contributed by atoms with E-state index in [1.807, 2.05) is 6.08 Å². The van der Waals surface area contributed by atoms with Crippen LogP contribution in [0.3, 0.4) is 0 Å². The van der Waals surface area contributed by atoms with Crippen molar-refractivity contribution in [2.24, 2.45) is 5.73 Å². The number of hydrogen-bond acceptors (Lipinski definition) is 4. The number of rotatable bonds is 4. The fourth-order valence-corrected chi connectivity index (χ4v) is 2.35. The van der Waals surface area contributed by atoms with E-state index >= 15 is 0 Å². The van der Waals surface area contributed by atoms with Gasteiger partial charge in [-0.3, -0.25) is 0 Å². The molecule has 17 heavy (non-hydrogen) atoms. The van der Waals surface area contributed by atoms with Crippen LogP contribution >= 0.6 is 0 Å². The molecule has 0 amide bonds. The van der Waals surface area contributed by atoms with Gasteiger partial charge in [0.1, 0.15) is 0 Å². The Morgan fingerprint density at radius 2 is 2.00 bits per heavy atom. The second-order valence-electron chi connectivity index (χ2n) is 4.83. The van der Waals surface area contributed by atoms with Gasteiger partial charge in [0, 0.05) is 6.08 Å². The smallest absolute Gasteiger partial charge is 0.250 e. The lowest BCUT2D eigenvalue weighted by Crippen LogP contribution is -2.34. The largest absolute Gasteiger partial charge is 0.335 e. The molecule has 0 aliphatic heterocycles. The zero-order valence-electron chi connectivity index (χ0n) is 10.7. The third kappa shape index (κ3) is 2.57. The summed E-state index contributed by atoms with van der Waals surface area (Å²) in [6.07, 6.45) is 8.25. The van der Waals surface area contributed by atoms with Crippen LogP contribution in [0.25, 0.3) is 6.08 Å². The molecule has 0 saturated heterocycles. The van der Waals surface area contributed by atoms with Crippen molar-refractivity contribution in [2.45, 2.75) is 57.9 Å². The Morgan fingerprint density at radius 3 is 2.59 bits per heavy atom. The molecule has 94 valence electrons. The van der Waals surface area contributed by atoms with Gasteiger partial charge >= 0.3 is 0 Å². The maximum atomic E-state index is 6.28. The van der Waals surface area contributed by atoms with Crippen LogP contribution < -0.4 is 5.73 Å². The van der Waals surface area contributed by atoms with Crippen molar-refractivity contribution in [3.63, 3.8) is 0 Å². The highest BCUT2D eigenvalue weighted by atomic mass is 16.5. The van der Waals surface area contributed by atoms with Crippen molar-refractivity contribution in [3.05, 3.63) is 17.3 Å². The first-order valence-electron chi connectivity index (χ1n) is 6.50. The van der Waals surface area contributed by atoms with E-state index in [0.29, 0.717) is 11.7 Å². The van der Waals surface area contributed by atoms with Gasteiger partial charge in [-0.1, -0.05) is 37.4 Å². The lowest BCUT2D eigenvalue weighted by molar-refractivity contribution is 0.364. The van der Waals surface area contributed by atoms with Gasteiger partial charge < -0.3 is 10.3 Å². The Hall–Kier alpha value is -1.16. The van der Waals surface area contributed by atoms with E-state index in [-0.39, 0.29) is 5.54 Å². The second kappa shape index (κ2) is 5.00. The number of nitrogens with two attached hydrogens (primary N) is 1. The average molecular weight is 235 g/mol. The average Bonchev–Trinajstić information content (AvgIpc) is 2.95. The van der Waals surface area contributed by atoms with Crippen LogP contribution in [0, 0.1) is 0 Å². The van der Waals surface area contributed by atoms with Crippen LogP contribution in [-0.2, 0) is 5.54 Å². The zero-order chi connectivity index (χ0) is 12.3. The monoisotopic (exact) mass is 235 g/mol. The molecule has 2 N–H and O–H groups in total. The van der Waals surface area contributed by atoms with Crippen LogP contribution in [0.5, 0.6) is 0 Å². The fraction of sp³-hybridized carbons (Fsp3) is 0.692. The molecule has 0 aromatic carbocycles. The van der Waals surface area contributed by atoms with Crippen LogP contribution in [0.4, 0.5) is 0 Å². The van der Waals surface area contributed by atoms with Gasteiger partial charge in [0.15, 0.2) is 5.82 Å². The van der Waals surface area contributed by atoms with Gasteiger partial charge in [-0.25, -0.2) is 0 Å². The van der Waals surface area contributed by atoms with Crippen LogP contribution in [0.15, 0.2) is 10.1 Å². The quantitative estimate of drug-likeness (QED) is 0.871. The Balaban J connectivity index is 2.18. The standard InChI is InChI=1S/C13H21N3O/c1-3-10(4-2)9-11-15-12(16-17-11)13(14)7-5-6-8-13/h9H,3-8,14H2,1-2H3. The van der Waals surface area contributed by atoms with E-state index in [1.54, 1.807) is 0 Å². The van der Waals surface area contributed by atoms with E-state index in [2.05, 4.69) is 24.0 Å². The highest BCUT2D eigenvalue weighted by Crippen LogP contribution is 2.34. The maximum Gasteiger partial charge on any atom is 0.250 e. The van der Waals surface area contributed by atoms with Gasteiger partial charge in [-0.05, 0) is 25.7 Å². The molecule has 2 rings (SSSR count). The third-order valence-corrected chi connectivity index (χ3v) is 3.62. The highest BCUT2D eigenvalue weighted by Gasteiger charge is 2.35. The summed E-state index contributed by atoms with van der Waals surface area (Å²) in [6.45, 7) is 4.27. The first-order valence-corrected chi connectivity index (χ1v) is 6.50. The number of aromatic nitrogens is 2. The van der Waals surface area contributed by atoms with E-state index in [9.17, 15) is 0 Å². The Bertz CT molecular complexity index is 397. The Kier molecular flexibility index (Phi) is 3.62. The predicted molar refractivity (Wildman–Crippen MR) is 67.2 cm³/mol. The molecular weight excluding hydrogens is 214 g/mol. The summed E-state index contributed by atoms with van der Waals surface area (Å²) < 4.78 is 5.26. The molecule has 0 spiro atoms. The normalized spacial score (nSPS) is 18.3. The van der Waals surface area contributed by atoms with Crippen molar-refractivity contribution >= 4 is 6.08 Å². The first-order chi connectivity index (χ1) is 8.18. The molecular formula is C13H21N3O. The molecule has 4 nitrogen and oxygen atoms in total. The van der Waals surface area contributed by atoms with Gasteiger partial charge in [-0.15, -0.1) is 0 Å². The maximum absolute atomic E-state index is 6.28. The van der Waals surface area contributed by atoms with Crippen LogP contribution in [0.1, 0.15) is 64.1 Å². The lowest BCUT2D eigenvalue weighted by Gasteiger charge is -2.17. The van der Waals surface area contributed by atoms with E-state index in [1.165, 1.54) is 5.57 Å². The molecule has 4 heteroatoms. The van der Waals surface area contributed by atoms with Crippen molar-refractivity contribution in [3.8, 4) is 0 Å². The van der Waals surface area contributed by atoms with Crippen molar-refractivity contribution < 1.29 is 4.52 Å². The van der Waals surface area contributed by atoms with Crippen molar-refractivity contribution in [1.29, 1.82) is 0 Å². The summed E-state index contributed by atoms with van der Waals surface area (Å²) in [5.74, 6) is 1.27. The summed E-state index contributed by atoms with van der Waals surface area (Å²) in [6, 6.07) is 0. The molecule has 0 atom stereocenters. The van der Waals surface area contributed by atoms with Crippen LogP contribution in [-0.4, -0.2) is 10.1 Å². The SMILES string of the molecule is CCC(=Cc1nc(C2(N)CCCC2)no1)CC. The van der Waals surface area contributed by atoms with Gasteiger partial charge in [-0.2, -0.15) is 4.98 Å². The summed E-state index contributed by atoms with van der Waals surface area (Å²) >= 11 is 0. The fourth-order valence-electron chi connectivity index (χ4n) is 2.35. The summed E-state index contributed by atoms with van der Waals surface area (Å²) in [5, 5.41) is 4.04. The van der Waals surface area contributed by atoms with E-state index in [4.69, 9.17) is 10.3 Å². The minimum atomic E-state index is -0.353. The zero-order valence-corrected chi connectivity index (χ0v) is 10.7. The van der Waals surface area contributed by atoms with Crippen LogP contribution in [0.2, 0.25) is 0 Å². The number of hydrogen-bond donors (Lipinski definition) is 1. The first kappa shape index (κ1) is 12.3. The lowest BCUT2D eigenvalue weighted by atomic mass is 9.99. The number of allylic oxidation sites excluding steroid dienone is 1. The summed E-state index contributed by atoms with van der Waals surface area (Å²) in [4.78, 5) is 4.42. The molecule has 1 aromatic rings. The molecule has 0 radical (unpaired) electrons.